The average molecular weight is 661 g/mol. The van der Waals surface area contributed by atoms with E-state index in [0.29, 0.717) is 28.0 Å². The molecule has 0 heterocycles. The number of aryl methyl sites for hydroxylation is 1. The van der Waals surface area contributed by atoms with E-state index < -0.39 is 28.5 Å². The van der Waals surface area contributed by atoms with Crippen LogP contribution in [0.3, 0.4) is 0 Å². The quantitative estimate of drug-likeness (QED) is 0.232. The maximum absolute atomic E-state index is 14.3. The molecule has 3 aromatic rings. The van der Waals surface area contributed by atoms with Crippen LogP contribution < -0.4 is 14.4 Å². The van der Waals surface area contributed by atoms with Crippen molar-refractivity contribution in [3.63, 3.8) is 0 Å². The van der Waals surface area contributed by atoms with Gasteiger partial charge in [-0.2, -0.15) is 0 Å². The van der Waals surface area contributed by atoms with Gasteiger partial charge in [0.15, 0.2) is 0 Å². The third-order valence-electron chi connectivity index (χ3n) is 7.80. The van der Waals surface area contributed by atoms with Crippen LogP contribution in [0.4, 0.5) is 5.69 Å². The van der Waals surface area contributed by atoms with E-state index in [2.05, 4.69) is 5.32 Å². The van der Waals surface area contributed by atoms with E-state index in [1.165, 1.54) is 17.0 Å². The van der Waals surface area contributed by atoms with Gasteiger partial charge in [-0.15, -0.1) is 0 Å². The highest BCUT2D eigenvalue weighted by molar-refractivity contribution is 7.92. The van der Waals surface area contributed by atoms with Crippen molar-refractivity contribution in [2.45, 2.75) is 76.4 Å². The summed E-state index contributed by atoms with van der Waals surface area (Å²) in [5.41, 5.74) is 1.68. The van der Waals surface area contributed by atoms with Crippen molar-refractivity contribution in [3.05, 3.63) is 87.9 Å². The summed E-state index contributed by atoms with van der Waals surface area (Å²) in [5, 5.41) is 3.86. The van der Waals surface area contributed by atoms with Gasteiger partial charge in [-0.3, -0.25) is 13.9 Å². The molecule has 1 unspecified atom stereocenters. The summed E-state index contributed by atoms with van der Waals surface area (Å²) in [5.74, 6) is -0.573. The molecule has 2 amide bonds. The minimum atomic E-state index is -4.23. The summed E-state index contributed by atoms with van der Waals surface area (Å²) < 4.78 is 35.1. The molecular weight excluding hydrogens is 621 g/mol. The first-order valence-corrected chi connectivity index (χ1v) is 17.1. The average Bonchev–Trinajstić information content (AvgIpc) is 3.00. The molecular formula is C33H39Cl2N3O5S. The lowest BCUT2D eigenvalue weighted by Gasteiger charge is -2.33. The van der Waals surface area contributed by atoms with Crippen molar-refractivity contribution in [2.75, 3.05) is 17.5 Å². The highest BCUT2D eigenvalue weighted by Gasteiger charge is 2.34. The van der Waals surface area contributed by atoms with E-state index in [1.54, 1.807) is 68.4 Å². The maximum atomic E-state index is 14.3. The Hall–Kier alpha value is -3.27. The van der Waals surface area contributed by atoms with E-state index in [4.69, 9.17) is 27.9 Å². The normalized spacial score (nSPS) is 14.5. The summed E-state index contributed by atoms with van der Waals surface area (Å²) in [6, 6.07) is 17.2. The fraction of sp³-hybridized carbons (Fsp3) is 0.394. The van der Waals surface area contributed by atoms with Crippen LogP contribution in [-0.4, -0.2) is 50.4 Å². The van der Waals surface area contributed by atoms with Gasteiger partial charge in [0.05, 0.1) is 17.2 Å². The predicted octanol–water partition coefficient (Wildman–Crippen LogP) is 6.76. The van der Waals surface area contributed by atoms with Crippen LogP contribution in [0.15, 0.2) is 71.6 Å². The second kappa shape index (κ2) is 15.1. The highest BCUT2D eigenvalue weighted by Crippen LogP contribution is 2.33. The minimum Gasteiger partial charge on any atom is -0.492 e. The van der Waals surface area contributed by atoms with Gasteiger partial charge in [0.1, 0.15) is 18.3 Å². The number of nitrogens with zero attached hydrogens (tertiary/aromatic N) is 2. The van der Waals surface area contributed by atoms with Gasteiger partial charge in [0, 0.05) is 22.6 Å². The zero-order chi connectivity index (χ0) is 31.9. The Balaban J connectivity index is 1.73. The molecule has 0 spiro atoms. The topological polar surface area (TPSA) is 96.0 Å². The summed E-state index contributed by atoms with van der Waals surface area (Å²) in [4.78, 5) is 29.2. The Labute approximate surface area is 270 Å². The summed E-state index contributed by atoms with van der Waals surface area (Å²) in [6.07, 6.45) is 4.97. The Bertz CT molecular complexity index is 1560. The molecule has 0 bridgehead atoms. The second-order valence-corrected chi connectivity index (χ2v) is 13.7. The molecule has 236 valence electrons. The standard InChI is InChI=1S/C33H39Cl2N3O5S/c1-4-43-31-13-9-8-12-30(31)38(44(41,42)28-18-14-23(2)15-19-28)22-32(39)37(21-25-16-17-26(34)20-29(25)35)24(3)33(40)36-27-10-6-5-7-11-27/h8-9,12-20,24,27H,4-7,10-11,21-22H2,1-3H3,(H,36,40). The predicted molar refractivity (Wildman–Crippen MR) is 175 cm³/mol. The molecule has 1 saturated carbocycles. The molecule has 1 N–H and O–H groups in total. The van der Waals surface area contributed by atoms with Gasteiger partial charge in [-0.1, -0.05) is 78.4 Å². The fourth-order valence-corrected chi connectivity index (χ4v) is 7.17. The third-order valence-corrected chi connectivity index (χ3v) is 10.2. The van der Waals surface area contributed by atoms with Crippen LogP contribution in [-0.2, 0) is 26.2 Å². The Morgan fingerprint density at radius 1 is 1.00 bits per heavy atom. The van der Waals surface area contributed by atoms with Gasteiger partial charge in [-0.05, 0) is 75.6 Å². The van der Waals surface area contributed by atoms with E-state index >= 15 is 0 Å². The van der Waals surface area contributed by atoms with Gasteiger partial charge in [0.25, 0.3) is 10.0 Å². The van der Waals surface area contributed by atoms with Gasteiger partial charge < -0.3 is 15.0 Å². The number of hydrogen-bond acceptors (Lipinski definition) is 5. The highest BCUT2D eigenvalue weighted by atomic mass is 35.5. The number of carbonyl (C=O) groups is 2. The molecule has 1 fully saturated rings. The van der Waals surface area contributed by atoms with Gasteiger partial charge in [-0.25, -0.2) is 8.42 Å². The van der Waals surface area contributed by atoms with Crippen molar-refractivity contribution < 1.29 is 22.7 Å². The van der Waals surface area contributed by atoms with E-state index in [-0.39, 0.29) is 29.1 Å². The van der Waals surface area contributed by atoms with Crippen LogP contribution in [0, 0.1) is 6.92 Å². The molecule has 11 heteroatoms. The molecule has 0 saturated heterocycles. The summed E-state index contributed by atoms with van der Waals surface area (Å²) in [6.45, 7) is 4.99. The van der Waals surface area contributed by atoms with Gasteiger partial charge in [0.2, 0.25) is 11.8 Å². The molecule has 1 aliphatic rings. The number of halogens is 2. The van der Waals surface area contributed by atoms with E-state index in [9.17, 15) is 18.0 Å². The number of rotatable bonds is 12. The minimum absolute atomic E-state index is 0.0255. The van der Waals surface area contributed by atoms with Crippen LogP contribution >= 0.6 is 23.2 Å². The first kappa shape index (κ1) is 33.6. The number of sulfonamides is 1. The number of amides is 2. The zero-order valence-electron chi connectivity index (χ0n) is 25.3. The summed E-state index contributed by atoms with van der Waals surface area (Å²) in [7, 11) is -4.23. The Kier molecular flexibility index (Phi) is 11.6. The maximum Gasteiger partial charge on any atom is 0.264 e. The Morgan fingerprint density at radius 2 is 1.68 bits per heavy atom. The number of para-hydroxylation sites is 2. The Morgan fingerprint density at radius 3 is 2.34 bits per heavy atom. The SMILES string of the molecule is CCOc1ccccc1N(CC(=O)N(Cc1ccc(Cl)cc1Cl)C(C)C(=O)NC1CCCCC1)S(=O)(=O)c1ccc(C)cc1. The van der Waals surface area contributed by atoms with Crippen LogP contribution in [0.5, 0.6) is 5.75 Å². The molecule has 1 aliphatic carbocycles. The number of anilines is 1. The number of benzene rings is 3. The first-order chi connectivity index (χ1) is 21.0. The molecule has 0 aromatic heterocycles. The summed E-state index contributed by atoms with van der Waals surface area (Å²) >= 11 is 12.6. The van der Waals surface area contributed by atoms with Crippen LogP contribution in [0.25, 0.3) is 0 Å². The lowest BCUT2D eigenvalue weighted by Crippen LogP contribution is -2.53. The largest absolute Gasteiger partial charge is 0.492 e. The lowest BCUT2D eigenvalue weighted by atomic mass is 9.95. The van der Waals surface area contributed by atoms with Crippen LogP contribution in [0.1, 0.15) is 57.1 Å². The van der Waals surface area contributed by atoms with Crippen molar-refractivity contribution in [3.8, 4) is 5.75 Å². The number of carbonyl (C=O) groups excluding carboxylic acids is 2. The van der Waals surface area contributed by atoms with Crippen molar-refractivity contribution >= 4 is 50.7 Å². The van der Waals surface area contributed by atoms with Crippen LogP contribution in [0.2, 0.25) is 10.0 Å². The second-order valence-electron chi connectivity index (χ2n) is 11.0. The first-order valence-electron chi connectivity index (χ1n) is 14.9. The van der Waals surface area contributed by atoms with E-state index in [0.717, 1.165) is 42.0 Å². The molecule has 3 aromatic carbocycles. The van der Waals surface area contributed by atoms with Crippen molar-refractivity contribution in [2.24, 2.45) is 0 Å². The van der Waals surface area contributed by atoms with Crippen molar-refractivity contribution in [1.29, 1.82) is 0 Å². The number of nitrogens with one attached hydrogen (secondary N) is 1. The number of hydrogen-bond donors (Lipinski definition) is 1. The van der Waals surface area contributed by atoms with E-state index in [1.807, 2.05) is 6.92 Å². The molecule has 0 aliphatic heterocycles. The molecule has 44 heavy (non-hydrogen) atoms. The third kappa shape index (κ3) is 8.25. The zero-order valence-corrected chi connectivity index (χ0v) is 27.6. The molecule has 1 atom stereocenters. The molecule has 4 rings (SSSR count). The molecule has 0 radical (unpaired) electrons. The fourth-order valence-electron chi connectivity index (χ4n) is 5.28. The smallest absolute Gasteiger partial charge is 0.264 e. The van der Waals surface area contributed by atoms with Gasteiger partial charge >= 0.3 is 0 Å². The monoisotopic (exact) mass is 659 g/mol. The molecule has 8 nitrogen and oxygen atoms in total. The number of ether oxygens (including phenoxy) is 1. The van der Waals surface area contributed by atoms with Crippen molar-refractivity contribution in [1.82, 2.24) is 10.2 Å². The lowest BCUT2D eigenvalue weighted by molar-refractivity contribution is -0.139.